The first-order chi connectivity index (χ1) is 14.7. The first-order valence-electron chi connectivity index (χ1n) is 12.2. The molecular formula is C31H40Cl2Zr. The summed E-state index contributed by atoms with van der Waals surface area (Å²) in [5, 5.41) is 0. The second-order valence-electron chi connectivity index (χ2n) is 12.9. The summed E-state index contributed by atoms with van der Waals surface area (Å²) >= 11 is -0.846. The van der Waals surface area contributed by atoms with Crippen LogP contribution in [0.1, 0.15) is 95.1 Å². The van der Waals surface area contributed by atoms with Gasteiger partial charge < -0.3 is 24.8 Å². The van der Waals surface area contributed by atoms with Crippen molar-refractivity contribution in [1.29, 1.82) is 0 Å². The average Bonchev–Trinajstić information content (AvgIpc) is 3.19. The fraction of sp³-hybridized carbons (Fsp3) is 0.484. The van der Waals surface area contributed by atoms with Gasteiger partial charge in [-0.3, -0.25) is 0 Å². The molecule has 4 rings (SSSR count). The van der Waals surface area contributed by atoms with E-state index in [2.05, 4.69) is 118 Å². The van der Waals surface area contributed by atoms with Gasteiger partial charge in [0.25, 0.3) is 0 Å². The summed E-state index contributed by atoms with van der Waals surface area (Å²) < 4.78 is 2.37. The zero-order valence-electron chi connectivity index (χ0n) is 22.5. The van der Waals surface area contributed by atoms with Gasteiger partial charge in [0.15, 0.2) is 0 Å². The van der Waals surface area contributed by atoms with Crippen LogP contribution in [0.25, 0.3) is 11.1 Å². The molecule has 2 unspecified atom stereocenters. The summed E-state index contributed by atoms with van der Waals surface area (Å²) in [7, 11) is 0. The molecule has 0 heterocycles. The largest absolute Gasteiger partial charge is 1.00 e. The summed E-state index contributed by atoms with van der Waals surface area (Å²) in [5.41, 5.74) is 11.3. The molecule has 0 bridgehead atoms. The quantitative estimate of drug-likeness (QED) is 0.518. The summed E-state index contributed by atoms with van der Waals surface area (Å²) in [6.45, 7) is 23.5. The average molecular weight is 575 g/mol. The van der Waals surface area contributed by atoms with Crippen LogP contribution in [0.3, 0.4) is 0 Å². The van der Waals surface area contributed by atoms with Gasteiger partial charge in [0.05, 0.1) is 0 Å². The van der Waals surface area contributed by atoms with Gasteiger partial charge >= 0.3 is 209 Å². The van der Waals surface area contributed by atoms with E-state index in [-0.39, 0.29) is 41.1 Å². The maximum atomic E-state index is 2.58. The monoisotopic (exact) mass is 572 g/mol. The van der Waals surface area contributed by atoms with E-state index in [0.29, 0.717) is 9.54 Å². The minimum absolute atomic E-state index is 0. The van der Waals surface area contributed by atoms with E-state index in [0.717, 1.165) is 0 Å². The van der Waals surface area contributed by atoms with E-state index in [4.69, 9.17) is 0 Å². The Labute approximate surface area is 232 Å². The molecule has 0 aromatic heterocycles. The third kappa shape index (κ3) is 5.53. The fourth-order valence-corrected chi connectivity index (χ4v) is 9.29. The predicted molar refractivity (Wildman–Crippen MR) is 136 cm³/mol. The molecule has 0 amide bonds. The number of allylic oxidation sites excluding steroid dienone is 4. The molecule has 0 saturated carbocycles. The van der Waals surface area contributed by atoms with E-state index in [9.17, 15) is 0 Å². The SMILES string of the molecule is CC1C=C(C(C)(C)C)C=[C]1[Zr+2][CH]1c2ccc(C(C)(C)C)cc2-c2c1cccc2C(C)(C)C.[Cl-].[Cl-]. The van der Waals surface area contributed by atoms with Crippen molar-refractivity contribution in [2.75, 3.05) is 0 Å². The normalized spacial score (nSPS) is 19.2. The van der Waals surface area contributed by atoms with Crippen molar-refractivity contribution in [3.8, 4) is 11.1 Å². The number of halogens is 2. The number of hydrogen-bond donors (Lipinski definition) is 0. The second-order valence-corrected chi connectivity index (χ2v) is 16.5. The van der Waals surface area contributed by atoms with Crippen LogP contribution in [-0.4, -0.2) is 0 Å². The van der Waals surface area contributed by atoms with Gasteiger partial charge in [-0.15, -0.1) is 0 Å². The summed E-state index contributed by atoms with van der Waals surface area (Å²) in [5.74, 6) is 0.600. The molecule has 0 aliphatic heterocycles. The van der Waals surface area contributed by atoms with Gasteiger partial charge in [-0.1, -0.05) is 0 Å². The van der Waals surface area contributed by atoms with E-state index in [1.807, 2.05) is 0 Å². The zero-order valence-corrected chi connectivity index (χ0v) is 26.5. The molecule has 2 aromatic carbocycles. The Morgan fingerprint density at radius 3 is 1.91 bits per heavy atom. The Morgan fingerprint density at radius 2 is 1.38 bits per heavy atom. The second kappa shape index (κ2) is 10.0. The Morgan fingerprint density at radius 1 is 0.735 bits per heavy atom. The molecule has 34 heavy (non-hydrogen) atoms. The van der Waals surface area contributed by atoms with Crippen molar-refractivity contribution in [1.82, 2.24) is 0 Å². The van der Waals surface area contributed by atoms with Crippen LogP contribution in [0.4, 0.5) is 0 Å². The van der Waals surface area contributed by atoms with Crippen LogP contribution in [0.2, 0.25) is 0 Å². The molecular weight excluding hydrogens is 534 g/mol. The summed E-state index contributed by atoms with van der Waals surface area (Å²) in [6, 6.07) is 14.5. The molecule has 3 heteroatoms. The van der Waals surface area contributed by atoms with Gasteiger partial charge in [-0.25, -0.2) is 0 Å². The van der Waals surface area contributed by atoms with Crippen molar-refractivity contribution in [3.63, 3.8) is 0 Å². The Balaban J connectivity index is 0.00000204. The van der Waals surface area contributed by atoms with Gasteiger partial charge in [0, 0.05) is 0 Å². The number of hydrogen-bond acceptors (Lipinski definition) is 0. The molecule has 2 aliphatic carbocycles. The molecule has 0 spiro atoms. The Kier molecular flexibility index (Phi) is 8.74. The number of benzene rings is 2. The smallest absolute Gasteiger partial charge is 1.00 e. The maximum Gasteiger partial charge on any atom is -1.00 e. The first kappa shape index (κ1) is 29.6. The minimum Gasteiger partial charge on any atom is -1.00 e. The van der Waals surface area contributed by atoms with Crippen molar-refractivity contribution in [2.24, 2.45) is 11.3 Å². The molecule has 0 fully saturated rings. The number of rotatable bonds is 2. The molecule has 0 nitrogen and oxygen atoms in total. The molecule has 182 valence electrons. The first-order valence-corrected chi connectivity index (χ1v) is 14.8. The Hall–Kier alpha value is -0.617. The van der Waals surface area contributed by atoms with Gasteiger partial charge in [0.1, 0.15) is 0 Å². The van der Waals surface area contributed by atoms with E-state index < -0.39 is 23.2 Å². The molecule has 0 radical (unpaired) electrons. The Bertz CT molecular complexity index is 1120. The molecule has 2 aliphatic rings. The summed E-state index contributed by atoms with van der Waals surface area (Å²) in [6.07, 6.45) is 5.10. The molecule has 0 N–H and O–H groups in total. The van der Waals surface area contributed by atoms with Crippen LogP contribution in [-0.2, 0) is 34.1 Å². The molecule has 0 saturated heterocycles. The van der Waals surface area contributed by atoms with E-state index >= 15 is 0 Å². The van der Waals surface area contributed by atoms with Gasteiger partial charge in [-0.2, -0.15) is 0 Å². The summed E-state index contributed by atoms with van der Waals surface area (Å²) in [4.78, 5) is 0. The van der Waals surface area contributed by atoms with Crippen LogP contribution in [0.15, 0.2) is 57.4 Å². The fourth-order valence-electron chi connectivity index (χ4n) is 5.06. The van der Waals surface area contributed by atoms with Crippen LogP contribution >= 0.6 is 0 Å². The van der Waals surface area contributed by atoms with Crippen LogP contribution < -0.4 is 24.8 Å². The standard InChI is InChI=1S/C21H25.C10H15.2ClH.Zr/c1-20(2,3)16-11-10-14-12-15-8-7-9-18(21(4,5)6)19(15)17(14)13-16;1-8-5-6-9(7-8)10(2,3)4;;;/h7-13H,1-6H3;6-8H,1-4H3;2*1H;/q;;;;+2/p-2. The maximum absolute atomic E-state index is 2.58. The van der Waals surface area contributed by atoms with E-state index in [1.165, 1.54) is 22.3 Å². The van der Waals surface area contributed by atoms with Crippen LogP contribution in [0, 0.1) is 11.3 Å². The van der Waals surface area contributed by atoms with Crippen LogP contribution in [0.5, 0.6) is 0 Å². The van der Waals surface area contributed by atoms with E-state index in [1.54, 1.807) is 20.0 Å². The topological polar surface area (TPSA) is 0 Å². The van der Waals surface area contributed by atoms with Crippen molar-refractivity contribution >= 4 is 0 Å². The van der Waals surface area contributed by atoms with Crippen molar-refractivity contribution in [3.05, 3.63) is 79.7 Å². The zero-order chi connectivity index (χ0) is 23.6. The van der Waals surface area contributed by atoms with Crippen molar-refractivity contribution in [2.45, 2.75) is 83.7 Å². The van der Waals surface area contributed by atoms with Crippen molar-refractivity contribution < 1.29 is 48.0 Å². The van der Waals surface area contributed by atoms with Gasteiger partial charge in [0.2, 0.25) is 0 Å². The third-order valence-electron chi connectivity index (χ3n) is 7.12. The third-order valence-corrected chi connectivity index (χ3v) is 11.7. The predicted octanol–water partition coefficient (Wildman–Crippen LogP) is 2.95. The minimum atomic E-state index is -0.846. The number of fused-ring (bicyclic) bond motifs is 3. The van der Waals surface area contributed by atoms with Gasteiger partial charge in [-0.05, 0) is 0 Å². The molecule has 2 aromatic rings. The molecule has 2 atom stereocenters.